The highest BCUT2D eigenvalue weighted by atomic mass is 16.5. The fourth-order valence-corrected chi connectivity index (χ4v) is 1.60. The number of hydrogen-bond acceptors (Lipinski definition) is 6. The Labute approximate surface area is 101 Å². The number of fused-ring (bicyclic) bond motifs is 1. The van der Waals surface area contributed by atoms with E-state index in [0.717, 1.165) is 12.1 Å². The third-order valence-corrected chi connectivity index (χ3v) is 2.59. The van der Waals surface area contributed by atoms with Crippen molar-refractivity contribution in [2.24, 2.45) is 0 Å². The highest BCUT2D eigenvalue weighted by Crippen LogP contribution is 2.29. The van der Waals surface area contributed by atoms with Crippen molar-refractivity contribution < 1.29 is 24.2 Å². The number of esters is 1. The zero-order valence-corrected chi connectivity index (χ0v) is 9.68. The Morgan fingerprint density at radius 2 is 1.89 bits per heavy atom. The highest BCUT2D eigenvalue weighted by molar-refractivity contribution is 5.91. The van der Waals surface area contributed by atoms with E-state index in [1.807, 2.05) is 0 Å². The number of methoxy groups -OCH3 is 1. The molecule has 0 saturated heterocycles. The third-order valence-electron chi connectivity index (χ3n) is 2.59. The first kappa shape index (κ1) is 12.0. The van der Waals surface area contributed by atoms with E-state index < -0.39 is 22.9 Å². The first-order chi connectivity index (χ1) is 8.45. The van der Waals surface area contributed by atoms with Gasteiger partial charge >= 0.3 is 5.97 Å². The second-order valence-corrected chi connectivity index (χ2v) is 3.71. The van der Waals surface area contributed by atoms with Crippen molar-refractivity contribution in [2.45, 2.75) is 6.92 Å². The largest absolute Gasteiger partial charge is 0.504 e. The zero-order chi connectivity index (χ0) is 13.4. The average molecular weight is 250 g/mol. The van der Waals surface area contributed by atoms with Gasteiger partial charge < -0.3 is 19.4 Å². The van der Waals surface area contributed by atoms with Gasteiger partial charge in [-0.3, -0.25) is 4.79 Å². The Hall–Kier alpha value is -2.50. The van der Waals surface area contributed by atoms with Crippen LogP contribution in [0, 0.1) is 6.92 Å². The van der Waals surface area contributed by atoms with Gasteiger partial charge in [-0.15, -0.1) is 0 Å². The fourth-order valence-electron chi connectivity index (χ4n) is 1.60. The van der Waals surface area contributed by atoms with Crippen LogP contribution in [0.2, 0.25) is 0 Å². The lowest BCUT2D eigenvalue weighted by atomic mass is 10.1. The summed E-state index contributed by atoms with van der Waals surface area (Å²) in [6, 6.07) is 2.16. The molecule has 1 aromatic carbocycles. The van der Waals surface area contributed by atoms with Gasteiger partial charge in [-0.05, 0) is 13.0 Å². The maximum absolute atomic E-state index is 12.0. The smallest absolute Gasteiger partial charge is 0.374 e. The van der Waals surface area contributed by atoms with Crippen molar-refractivity contribution in [3.8, 4) is 11.5 Å². The van der Waals surface area contributed by atoms with Crippen LogP contribution in [0.1, 0.15) is 16.1 Å². The summed E-state index contributed by atoms with van der Waals surface area (Å²) in [5.41, 5.74) is -0.382. The lowest BCUT2D eigenvalue weighted by molar-refractivity contribution is 0.0564. The van der Waals surface area contributed by atoms with Crippen LogP contribution in [0.3, 0.4) is 0 Å². The van der Waals surface area contributed by atoms with E-state index in [4.69, 9.17) is 4.42 Å². The maximum Gasteiger partial charge on any atom is 0.374 e. The molecule has 2 rings (SSSR count). The molecule has 0 aliphatic heterocycles. The van der Waals surface area contributed by atoms with Gasteiger partial charge in [-0.25, -0.2) is 4.79 Å². The van der Waals surface area contributed by atoms with Gasteiger partial charge in [0.05, 0.1) is 12.5 Å². The Balaban J connectivity index is 2.88. The molecule has 2 aromatic rings. The van der Waals surface area contributed by atoms with Crippen LogP contribution in [0.5, 0.6) is 11.5 Å². The molecule has 0 aliphatic rings. The number of benzene rings is 1. The number of carbonyl (C=O) groups excluding carboxylic acids is 1. The summed E-state index contributed by atoms with van der Waals surface area (Å²) in [6.07, 6.45) is 0. The monoisotopic (exact) mass is 250 g/mol. The molecule has 0 spiro atoms. The Morgan fingerprint density at radius 1 is 1.28 bits per heavy atom. The van der Waals surface area contributed by atoms with Crippen LogP contribution in [-0.4, -0.2) is 23.3 Å². The molecule has 1 heterocycles. The number of rotatable bonds is 1. The number of hydrogen-bond donors (Lipinski definition) is 2. The molecule has 0 bridgehead atoms. The maximum atomic E-state index is 12.0. The Morgan fingerprint density at radius 3 is 2.50 bits per heavy atom. The second-order valence-electron chi connectivity index (χ2n) is 3.71. The van der Waals surface area contributed by atoms with E-state index in [0.29, 0.717) is 0 Å². The van der Waals surface area contributed by atoms with Gasteiger partial charge in [-0.2, -0.15) is 0 Å². The van der Waals surface area contributed by atoms with Crippen LogP contribution in [0.25, 0.3) is 11.0 Å². The summed E-state index contributed by atoms with van der Waals surface area (Å²) in [5, 5.41) is 18.8. The van der Waals surface area contributed by atoms with Crippen LogP contribution in [0.15, 0.2) is 21.3 Å². The van der Waals surface area contributed by atoms with Crippen molar-refractivity contribution in [2.75, 3.05) is 7.11 Å². The number of ether oxygens (including phenoxy) is 1. The van der Waals surface area contributed by atoms with Crippen LogP contribution in [0.4, 0.5) is 0 Å². The zero-order valence-electron chi connectivity index (χ0n) is 9.68. The fraction of sp³-hybridized carbons (Fsp3) is 0.167. The molecule has 6 nitrogen and oxygen atoms in total. The summed E-state index contributed by atoms with van der Waals surface area (Å²) in [5.74, 6) is -1.87. The molecule has 18 heavy (non-hydrogen) atoms. The van der Waals surface area contributed by atoms with Gasteiger partial charge in [0.2, 0.25) is 5.76 Å². The molecule has 2 N–H and O–H groups in total. The molecule has 0 atom stereocenters. The van der Waals surface area contributed by atoms with Gasteiger partial charge in [0.1, 0.15) is 5.58 Å². The first-order valence-electron chi connectivity index (χ1n) is 5.03. The molecule has 0 unspecified atom stereocenters. The predicted octanol–water partition coefficient (Wildman–Crippen LogP) is 1.30. The normalized spacial score (nSPS) is 10.6. The summed E-state index contributed by atoms with van der Waals surface area (Å²) >= 11 is 0. The number of aromatic hydroxyl groups is 2. The SMILES string of the molecule is COC(=O)c1oc2cc(O)c(O)cc2c(=O)c1C. The standard InChI is InChI=1S/C12H10O6/c1-5-10(15)6-3-7(13)8(14)4-9(6)18-11(5)12(16)17-2/h3-4,13-14H,1-2H3. The summed E-state index contributed by atoms with van der Waals surface area (Å²) in [6.45, 7) is 1.42. The summed E-state index contributed by atoms with van der Waals surface area (Å²) in [4.78, 5) is 23.4. The Kier molecular flexibility index (Phi) is 2.70. The predicted molar refractivity (Wildman–Crippen MR) is 61.9 cm³/mol. The van der Waals surface area contributed by atoms with Crippen molar-refractivity contribution >= 4 is 16.9 Å². The van der Waals surface area contributed by atoms with E-state index >= 15 is 0 Å². The van der Waals surface area contributed by atoms with Gasteiger partial charge in [0.25, 0.3) is 0 Å². The van der Waals surface area contributed by atoms with E-state index in [2.05, 4.69) is 4.74 Å². The average Bonchev–Trinajstić information content (AvgIpc) is 2.35. The van der Waals surface area contributed by atoms with Crippen LogP contribution >= 0.6 is 0 Å². The molecule has 0 fully saturated rings. The van der Waals surface area contributed by atoms with E-state index in [9.17, 15) is 19.8 Å². The molecule has 0 amide bonds. The van der Waals surface area contributed by atoms with E-state index in [-0.39, 0.29) is 22.3 Å². The Bertz CT molecular complexity index is 698. The minimum atomic E-state index is -0.779. The van der Waals surface area contributed by atoms with E-state index in [1.165, 1.54) is 14.0 Å². The van der Waals surface area contributed by atoms with Crippen LogP contribution in [-0.2, 0) is 4.74 Å². The van der Waals surface area contributed by atoms with Crippen LogP contribution < -0.4 is 5.43 Å². The number of phenols is 2. The lowest BCUT2D eigenvalue weighted by Gasteiger charge is -2.06. The van der Waals surface area contributed by atoms with Gasteiger partial charge in [0.15, 0.2) is 16.9 Å². The molecular weight excluding hydrogens is 240 g/mol. The molecule has 0 aliphatic carbocycles. The third kappa shape index (κ3) is 1.67. The number of phenolic OH excluding ortho intramolecular Hbond substituents is 2. The van der Waals surface area contributed by atoms with Gasteiger partial charge in [-0.1, -0.05) is 0 Å². The quantitative estimate of drug-likeness (QED) is 0.584. The van der Waals surface area contributed by atoms with Crippen molar-refractivity contribution in [3.63, 3.8) is 0 Å². The van der Waals surface area contributed by atoms with E-state index in [1.54, 1.807) is 0 Å². The number of carbonyl (C=O) groups is 1. The molecule has 0 saturated carbocycles. The first-order valence-corrected chi connectivity index (χ1v) is 5.03. The lowest BCUT2D eigenvalue weighted by Crippen LogP contribution is -2.13. The van der Waals surface area contributed by atoms with Crippen molar-refractivity contribution in [3.05, 3.63) is 33.7 Å². The molecule has 6 heteroatoms. The molecule has 94 valence electrons. The molecule has 0 radical (unpaired) electrons. The highest BCUT2D eigenvalue weighted by Gasteiger charge is 2.19. The van der Waals surface area contributed by atoms with Gasteiger partial charge in [0, 0.05) is 11.6 Å². The summed E-state index contributed by atoms with van der Waals surface area (Å²) < 4.78 is 9.71. The minimum absolute atomic E-state index is 0.00120. The second kappa shape index (κ2) is 4.06. The summed E-state index contributed by atoms with van der Waals surface area (Å²) in [7, 11) is 1.17. The van der Waals surface area contributed by atoms with Crippen molar-refractivity contribution in [1.82, 2.24) is 0 Å². The minimum Gasteiger partial charge on any atom is -0.504 e. The molecule has 1 aromatic heterocycles. The topological polar surface area (TPSA) is 97.0 Å². The van der Waals surface area contributed by atoms with Crippen molar-refractivity contribution in [1.29, 1.82) is 0 Å². The molecular formula is C12H10O6.